The van der Waals surface area contributed by atoms with E-state index in [-0.39, 0.29) is 23.5 Å². The van der Waals surface area contributed by atoms with E-state index in [0.29, 0.717) is 19.4 Å². The van der Waals surface area contributed by atoms with E-state index >= 15 is 0 Å². The van der Waals surface area contributed by atoms with Crippen LogP contribution < -0.4 is 10.0 Å². The highest BCUT2D eigenvalue weighted by atomic mass is 32.2. The van der Waals surface area contributed by atoms with Crippen molar-refractivity contribution >= 4 is 15.9 Å². The first-order chi connectivity index (χ1) is 13.5. The fraction of sp³-hybridized carbons (Fsp3) is 0.381. The van der Waals surface area contributed by atoms with Crippen LogP contribution in [0.1, 0.15) is 30.4 Å². The Labute approximate surface area is 166 Å². The Morgan fingerprint density at radius 1 is 1.04 bits per heavy atom. The number of hydrogen-bond donors (Lipinski definition) is 2. The van der Waals surface area contributed by atoms with Crippen molar-refractivity contribution in [1.82, 2.24) is 10.0 Å². The second kappa shape index (κ2) is 9.82. The van der Waals surface area contributed by atoms with Crippen LogP contribution >= 0.6 is 0 Å². The molecule has 0 aromatic heterocycles. The first-order valence-electron chi connectivity index (χ1n) is 9.54. The van der Waals surface area contributed by atoms with Gasteiger partial charge >= 0.3 is 0 Å². The number of aryl methyl sites for hydroxylation is 1. The Kier molecular flexibility index (Phi) is 7.19. The molecule has 28 heavy (non-hydrogen) atoms. The number of carbonyl (C=O) groups is 1. The van der Waals surface area contributed by atoms with Crippen LogP contribution in [0.25, 0.3) is 0 Å². The van der Waals surface area contributed by atoms with Gasteiger partial charge in [0, 0.05) is 26.1 Å². The van der Waals surface area contributed by atoms with E-state index in [2.05, 4.69) is 10.0 Å². The van der Waals surface area contributed by atoms with Crippen LogP contribution in [0.2, 0.25) is 0 Å². The van der Waals surface area contributed by atoms with Gasteiger partial charge in [0.05, 0.1) is 11.0 Å². The predicted octanol–water partition coefficient (Wildman–Crippen LogP) is 2.39. The highest BCUT2D eigenvalue weighted by Gasteiger charge is 2.16. The molecule has 0 aliphatic carbocycles. The summed E-state index contributed by atoms with van der Waals surface area (Å²) in [7, 11) is -3.57. The largest absolute Gasteiger partial charge is 0.376 e. The van der Waals surface area contributed by atoms with Crippen molar-refractivity contribution in [3.8, 4) is 0 Å². The highest BCUT2D eigenvalue weighted by Crippen LogP contribution is 2.13. The second-order valence-electron chi connectivity index (χ2n) is 6.89. The van der Waals surface area contributed by atoms with E-state index in [1.807, 2.05) is 30.3 Å². The number of benzene rings is 2. The molecule has 6 nitrogen and oxygen atoms in total. The van der Waals surface area contributed by atoms with Crippen molar-refractivity contribution in [3.05, 3.63) is 65.7 Å². The summed E-state index contributed by atoms with van der Waals surface area (Å²) >= 11 is 0. The average Bonchev–Trinajstić information content (AvgIpc) is 3.24. The van der Waals surface area contributed by atoms with Gasteiger partial charge in [0.2, 0.25) is 15.9 Å². The maximum absolute atomic E-state index is 12.4. The third-order valence-electron chi connectivity index (χ3n) is 4.73. The molecule has 0 spiro atoms. The molecule has 1 atom stereocenters. The minimum absolute atomic E-state index is 0.0169. The number of hydrogen-bond acceptors (Lipinski definition) is 4. The number of amides is 1. The zero-order valence-electron chi connectivity index (χ0n) is 15.8. The molecule has 1 aliphatic rings. The normalized spacial score (nSPS) is 16.8. The van der Waals surface area contributed by atoms with Gasteiger partial charge in [-0.2, -0.15) is 0 Å². The van der Waals surface area contributed by atoms with Gasteiger partial charge in [-0.15, -0.1) is 0 Å². The monoisotopic (exact) mass is 402 g/mol. The van der Waals surface area contributed by atoms with E-state index in [4.69, 9.17) is 4.74 Å². The minimum Gasteiger partial charge on any atom is -0.376 e. The summed E-state index contributed by atoms with van der Waals surface area (Å²) in [4.78, 5) is 12.2. The maximum Gasteiger partial charge on any atom is 0.240 e. The van der Waals surface area contributed by atoms with Gasteiger partial charge in [-0.25, -0.2) is 13.1 Å². The van der Waals surface area contributed by atoms with Crippen LogP contribution in [0.3, 0.4) is 0 Å². The van der Waals surface area contributed by atoms with E-state index in [9.17, 15) is 13.2 Å². The van der Waals surface area contributed by atoms with E-state index in [1.165, 1.54) is 0 Å². The van der Waals surface area contributed by atoms with E-state index in [0.717, 1.165) is 30.6 Å². The summed E-state index contributed by atoms with van der Waals surface area (Å²) in [5.41, 5.74) is 1.82. The molecule has 1 aliphatic heterocycles. The van der Waals surface area contributed by atoms with Gasteiger partial charge in [0.15, 0.2) is 0 Å². The fourth-order valence-corrected chi connectivity index (χ4v) is 4.09. The molecule has 1 fully saturated rings. The van der Waals surface area contributed by atoms with Crippen molar-refractivity contribution in [2.75, 3.05) is 13.2 Å². The molecule has 7 heteroatoms. The zero-order valence-corrected chi connectivity index (χ0v) is 16.6. The molecule has 1 saturated heterocycles. The average molecular weight is 403 g/mol. The lowest BCUT2D eigenvalue weighted by molar-refractivity contribution is -0.121. The van der Waals surface area contributed by atoms with Gasteiger partial charge in [-0.05, 0) is 42.5 Å². The SMILES string of the molecule is O=C(CCc1ccc(S(=O)(=O)NCc2ccccc2)cc1)NC[C@H]1CCCO1. The third kappa shape index (κ3) is 6.15. The van der Waals surface area contributed by atoms with Crippen molar-refractivity contribution in [2.24, 2.45) is 0 Å². The summed E-state index contributed by atoms with van der Waals surface area (Å²) in [5, 5.41) is 2.89. The van der Waals surface area contributed by atoms with Gasteiger partial charge in [0.25, 0.3) is 0 Å². The summed E-state index contributed by atoms with van der Waals surface area (Å²) in [6.45, 7) is 1.58. The van der Waals surface area contributed by atoms with E-state index < -0.39 is 10.0 Å². The third-order valence-corrected chi connectivity index (χ3v) is 6.15. The molecule has 0 bridgehead atoms. The molecular weight excluding hydrogens is 376 g/mol. The van der Waals surface area contributed by atoms with Crippen LogP contribution in [0.4, 0.5) is 0 Å². The molecule has 3 rings (SSSR count). The molecule has 1 amide bonds. The molecule has 2 N–H and O–H groups in total. The highest BCUT2D eigenvalue weighted by molar-refractivity contribution is 7.89. The maximum atomic E-state index is 12.4. The minimum atomic E-state index is -3.57. The quantitative estimate of drug-likeness (QED) is 0.675. The number of ether oxygens (including phenoxy) is 1. The lowest BCUT2D eigenvalue weighted by Crippen LogP contribution is -2.31. The van der Waals surface area contributed by atoms with Crippen LogP contribution in [0.5, 0.6) is 0 Å². The Bertz CT molecular complexity index is 861. The number of carbonyl (C=O) groups excluding carboxylic acids is 1. The lowest BCUT2D eigenvalue weighted by Gasteiger charge is -2.11. The molecule has 2 aromatic rings. The van der Waals surface area contributed by atoms with Crippen LogP contribution in [-0.2, 0) is 32.5 Å². The van der Waals surface area contributed by atoms with Crippen LogP contribution in [0, 0.1) is 0 Å². The molecule has 0 saturated carbocycles. The second-order valence-corrected chi connectivity index (χ2v) is 8.66. The Balaban J connectivity index is 1.46. The Morgan fingerprint density at radius 2 is 1.79 bits per heavy atom. The van der Waals surface area contributed by atoms with Crippen molar-refractivity contribution in [3.63, 3.8) is 0 Å². The first kappa shape index (κ1) is 20.5. The van der Waals surface area contributed by atoms with Crippen LogP contribution in [-0.4, -0.2) is 33.6 Å². The first-order valence-corrected chi connectivity index (χ1v) is 11.0. The van der Waals surface area contributed by atoms with Crippen LogP contribution in [0.15, 0.2) is 59.5 Å². The molecule has 1 heterocycles. The molecule has 0 unspecified atom stereocenters. The molecule has 150 valence electrons. The van der Waals surface area contributed by atoms with Gasteiger partial charge < -0.3 is 10.1 Å². The van der Waals surface area contributed by atoms with Gasteiger partial charge in [-0.1, -0.05) is 42.5 Å². The van der Waals surface area contributed by atoms with E-state index in [1.54, 1.807) is 24.3 Å². The molecule has 2 aromatic carbocycles. The summed E-state index contributed by atoms with van der Waals surface area (Å²) in [5.74, 6) is -0.0169. The van der Waals surface area contributed by atoms with Crippen molar-refractivity contribution < 1.29 is 17.9 Å². The summed E-state index contributed by atoms with van der Waals surface area (Å²) in [6.07, 6.45) is 3.11. The molecule has 0 radical (unpaired) electrons. The number of rotatable bonds is 9. The van der Waals surface area contributed by atoms with Gasteiger partial charge in [0.1, 0.15) is 0 Å². The standard InChI is InChI=1S/C21H26N2O4S/c24-21(22-16-19-7-4-14-27-19)13-10-17-8-11-20(12-9-17)28(25,26)23-15-18-5-2-1-3-6-18/h1-3,5-6,8-9,11-12,19,23H,4,7,10,13-16H2,(H,22,24)/t19-/m1/s1. The smallest absolute Gasteiger partial charge is 0.240 e. The summed E-state index contributed by atoms with van der Waals surface area (Å²) < 4.78 is 32.9. The van der Waals surface area contributed by atoms with Crippen molar-refractivity contribution in [2.45, 2.75) is 43.2 Å². The van der Waals surface area contributed by atoms with Gasteiger partial charge in [-0.3, -0.25) is 4.79 Å². The Hall–Kier alpha value is -2.22. The number of nitrogens with one attached hydrogen (secondary N) is 2. The zero-order chi connectivity index (χ0) is 19.8. The summed E-state index contributed by atoms with van der Waals surface area (Å²) in [6, 6.07) is 16.0. The lowest BCUT2D eigenvalue weighted by atomic mass is 10.1. The topological polar surface area (TPSA) is 84.5 Å². The number of sulfonamides is 1. The Morgan fingerprint density at radius 3 is 2.46 bits per heavy atom. The van der Waals surface area contributed by atoms with Crippen molar-refractivity contribution in [1.29, 1.82) is 0 Å². The molecular formula is C21H26N2O4S. The fourth-order valence-electron chi connectivity index (χ4n) is 3.07. The predicted molar refractivity (Wildman–Crippen MR) is 107 cm³/mol.